The van der Waals surface area contributed by atoms with Gasteiger partial charge in [0.1, 0.15) is 0 Å². The summed E-state index contributed by atoms with van der Waals surface area (Å²) in [6.45, 7) is 11.9. The second kappa shape index (κ2) is 6.47. The first kappa shape index (κ1) is 15.8. The van der Waals surface area contributed by atoms with E-state index in [4.69, 9.17) is 0 Å². The average molecular weight is 280 g/mol. The number of benzene rings is 2. The lowest BCUT2D eigenvalue weighted by Crippen LogP contribution is -2.30. The molecule has 2 unspecified atom stereocenters. The molecule has 0 saturated carbocycles. The van der Waals surface area contributed by atoms with E-state index in [1.165, 1.54) is 11.1 Å². The van der Waals surface area contributed by atoms with Crippen LogP contribution in [0.2, 0.25) is 0 Å². The third-order valence-electron chi connectivity index (χ3n) is 4.73. The van der Waals surface area contributed by atoms with Gasteiger partial charge in [0, 0.05) is 0 Å². The Morgan fingerprint density at radius 3 is 1.24 bits per heavy atom. The summed E-state index contributed by atoms with van der Waals surface area (Å²) in [6.07, 6.45) is 0. The maximum Gasteiger partial charge on any atom is -0.0151 e. The van der Waals surface area contributed by atoms with Gasteiger partial charge in [-0.2, -0.15) is 0 Å². The zero-order valence-electron chi connectivity index (χ0n) is 14.0. The molecule has 0 amide bonds. The fourth-order valence-corrected chi connectivity index (χ4v) is 3.86. The Kier molecular flexibility index (Phi) is 4.88. The Balaban J connectivity index is 2.36. The third-order valence-corrected chi connectivity index (χ3v) is 4.73. The van der Waals surface area contributed by atoms with E-state index in [1.54, 1.807) is 0 Å². The van der Waals surface area contributed by atoms with Crippen molar-refractivity contribution in [3.63, 3.8) is 0 Å². The second-order valence-electron chi connectivity index (χ2n) is 7.29. The Bertz CT molecular complexity index is 488. The lowest BCUT2D eigenvalue weighted by Gasteiger charge is -2.40. The van der Waals surface area contributed by atoms with Crippen LogP contribution in [0.15, 0.2) is 60.7 Å². The summed E-state index contributed by atoms with van der Waals surface area (Å²) in [5.74, 6) is 1.69. The highest BCUT2D eigenvalue weighted by Crippen LogP contribution is 2.46. The van der Waals surface area contributed by atoms with Crippen LogP contribution in [0.4, 0.5) is 0 Å². The molecule has 0 heteroatoms. The Morgan fingerprint density at radius 1 is 0.619 bits per heavy atom. The van der Waals surface area contributed by atoms with E-state index in [1.807, 2.05) is 0 Å². The van der Waals surface area contributed by atoms with Crippen molar-refractivity contribution >= 4 is 0 Å². The van der Waals surface area contributed by atoms with Crippen LogP contribution >= 0.6 is 0 Å². The van der Waals surface area contributed by atoms with Gasteiger partial charge in [-0.15, -0.1) is 0 Å². The van der Waals surface area contributed by atoms with E-state index in [2.05, 4.69) is 95.3 Å². The van der Waals surface area contributed by atoms with Gasteiger partial charge in [0.25, 0.3) is 0 Å². The van der Waals surface area contributed by atoms with Crippen LogP contribution < -0.4 is 0 Å². The van der Waals surface area contributed by atoms with E-state index in [-0.39, 0.29) is 5.41 Å². The van der Waals surface area contributed by atoms with Crippen LogP contribution in [0.5, 0.6) is 0 Å². The van der Waals surface area contributed by atoms with E-state index in [0.717, 1.165) is 0 Å². The quantitative estimate of drug-likeness (QED) is 0.620. The predicted octanol–water partition coefficient (Wildman–Crippen LogP) is 6.26. The molecule has 112 valence electrons. The number of rotatable bonds is 4. The molecule has 0 bridgehead atoms. The fraction of sp³-hybridized carbons (Fsp3) is 0.429. The summed E-state index contributed by atoms with van der Waals surface area (Å²) >= 11 is 0. The van der Waals surface area contributed by atoms with Gasteiger partial charge in [-0.1, -0.05) is 95.3 Å². The second-order valence-corrected chi connectivity index (χ2v) is 7.29. The van der Waals surface area contributed by atoms with Gasteiger partial charge in [-0.3, -0.25) is 0 Å². The molecule has 21 heavy (non-hydrogen) atoms. The smallest absolute Gasteiger partial charge is 0.0151 e. The highest BCUT2D eigenvalue weighted by Gasteiger charge is 2.35. The molecule has 0 saturated heterocycles. The largest absolute Gasteiger partial charge is 0.0622 e. The summed E-state index contributed by atoms with van der Waals surface area (Å²) in [5.41, 5.74) is 3.16. The molecule has 0 heterocycles. The average Bonchev–Trinajstić information content (AvgIpc) is 2.47. The van der Waals surface area contributed by atoms with Crippen LogP contribution in [0.25, 0.3) is 0 Å². The SMILES string of the molecule is CC(c1ccccc1)C(C(C)c1ccccc1)C(C)(C)C. The highest BCUT2D eigenvalue weighted by molar-refractivity contribution is 5.25. The van der Waals surface area contributed by atoms with Gasteiger partial charge in [0.15, 0.2) is 0 Å². The molecule has 0 nitrogen and oxygen atoms in total. The highest BCUT2D eigenvalue weighted by atomic mass is 14.4. The molecular formula is C21H28. The van der Waals surface area contributed by atoms with Crippen molar-refractivity contribution in [2.75, 3.05) is 0 Å². The first-order chi connectivity index (χ1) is 9.91. The normalized spacial score (nSPS) is 16.2. The van der Waals surface area contributed by atoms with Crippen molar-refractivity contribution in [3.8, 4) is 0 Å². The zero-order valence-corrected chi connectivity index (χ0v) is 14.0. The Morgan fingerprint density at radius 2 is 0.952 bits per heavy atom. The first-order valence-electron chi connectivity index (χ1n) is 8.01. The van der Waals surface area contributed by atoms with E-state index in [0.29, 0.717) is 17.8 Å². The molecular weight excluding hydrogens is 252 g/mol. The van der Waals surface area contributed by atoms with Gasteiger partial charge in [-0.25, -0.2) is 0 Å². The van der Waals surface area contributed by atoms with E-state index >= 15 is 0 Å². The molecule has 2 rings (SSSR count). The fourth-order valence-electron chi connectivity index (χ4n) is 3.86. The number of hydrogen-bond acceptors (Lipinski definition) is 0. The van der Waals surface area contributed by atoms with Crippen LogP contribution in [0, 0.1) is 11.3 Å². The van der Waals surface area contributed by atoms with Crippen molar-refractivity contribution in [1.82, 2.24) is 0 Å². The molecule has 0 spiro atoms. The monoisotopic (exact) mass is 280 g/mol. The minimum atomic E-state index is 0.268. The maximum absolute atomic E-state index is 2.38. The van der Waals surface area contributed by atoms with Crippen molar-refractivity contribution in [1.29, 1.82) is 0 Å². The molecule has 0 aliphatic rings. The standard InChI is InChI=1S/C21H28/c1-16(18-12-8-6-9-13-18)20(21(3,4)5)17(2)19-14-10-7-11-15-19/h6-17,20H,1-5H3. The zero-order chi connectivity index (χ0) is 15.5. The topological polar surface area (TPSA) is 0 Å². The van der Waals surface area contributed by atoms with Crippen LogP contribution in [0.1, 0.15) is 57.6 Å². The van der Waals surface area contributed by atoms with Crippen molar-refractivity contribution < 1.29 is 0 Å². The van der Waals surface area contributed by atoms with Gasteiger partial charge in [0.05, 0.1) is 0 Å². The molecule has 2 aromatic rings. The first-order valence-corrected chi connectivity index (χ1v) is 8.01. The predicted molar refractivity (Wildman–Crippen MR) is 92.7 cm³/mol. The molecule has 2 atom stereocenters. The molecule has 0 aromatic heterocycles. The summed E-state index contributed by atoms with van der Waals surface area (Å²) in [5, 5.41) is 0. The van der Waals surface area contributed by atoms with Crippen molar-refractivity contribution in [2.24, 2.45) is 11.3 Å². The Labute approximate surface area is 130 Å². The summed E-state index contributed by atoms with van der Waals surface area (Å²) in [6, 6.07) is 21.9. The molecule has 0 N–H and O–H groups in total. The summed E-state index contributed by atoms with van der Waals surface area (Å²) < 4.78 is 0. The van der Waals surface area contributed by atoms with Crippen LogP contribution in [-0.2, 0) is 0 Å². The molecule has 0 fully saturated rings. The van der Waals surface area contributed by atoms with Gasteiger partial charge >= 0.3 is 0 Å². The van der Waals surface area contributed by atoms with Crippen molar-refractivity contribution in [3.05, 3.63) is 71.8 Å². The van der Waals surface area contributed by atoms with Gasteiger partial charge < -0.3 is 0 Å². The minimum Gasteiger partial charge on any atom is -0.0622 e. The molecule has 2 aromatic carbocycles. The summed E-state index contributed by atoms with van der Waals surface area (Å²) in [7, 11) is 0. The lowest BCUT2D eigenvalue weighted by atomic mass is 9.64. The minimum absolute atomic E-state index is 0.268. The third kappa shape index (κ3) is 3.75. The molecule has 0 aliphatic heterocycles. The van der Waals surface area contributed by atoms with Gasteiger partial charge in [-0.05, 0) is 34.3 Å². The lowest BCUT2D eigenvalue weighted by molar-refractivity contribution is 0.176. The maximum atomic E-state index is 2.38. The van der Waals surface area contributed by atoms with Crippen molar-refractivity contribution in [2.45, 2.75) is 46.5 Å². The van der Waals surface area contributed by atoms with E-state index in [9.17, 15) is 0 Å². The van der Waals surface area contributed by atoms with Crippen LogP contribution in [-0.4, -0.2) is 0 Å². The molecule has 0 radical (unpaired) electrons. The summed E-state index contributed by atoms with van der Waals surface area (Å²) in [4.78, 5) is 0. The molecule has 0 aliphatic carbocycles. The van der Waals surface area contributed by atoms with Crippen LogP contribution in [0.3, 0.4) is 0 Å². The Hall–Kier alpha value is -1.56. The van der Waals surface area contributed by atoms with E-state index < -0.39 is 0 Å². The number of hydrogen-bond donors (Lipinski definition) is 0. The van der Waals surface area contributed by atoms with Gasteiger partial charge in [0.2, 0.25) is 0 Å².